The predicted molar refractivity (Wildman–Crippen MR) is 139 cm³/mol. The molecule has 2 aliphatic rings. The van der Waals surface area contributed by atoms with E-state index < -0.39 is 0 Å². The van der Waals surface area contributed by atoms with Crippen molar-refractivity contribution in [2.24, 2.45) is 11.1 Å². The van der Waals surface area contributed by atoms with E-state index in [1.165, 1.54) is 16.9 Å². The number of nitrogens with zero attached hydrogens (tertiary/aromatic N) is 4. The molecule has 1 aliphatic carbocycles. The highest BCUT2D eigenvalue weighted by Crippen LogP contribution is 2.51. The number of fused-ring (bicyclic) bond motifs is 2. The number of pyridine rings is 2. The zero-order chi connectivity index (χ0) is 23.4. The van der Waals surface area contributed by atoms with Gasteiger partial charge in [-0.3, -0.25) is 4.40 Å². The van der Waals surface area contributed by atoms with E-state index in [-0.39, 0.29) is 11.5 Å². The lowest BCUT2D eigenvalue weighted by Gasteiger charge is -2.43. The normalized spacial score (nSPS) is 19.1. The SMILES string of the molecule is Cc1cc(N2CCC3(CC2)Cc2ccccc2C3N)n2ccnc2c1Sc1ccnc(N)c1Cl. The molecule has 0 saturated carbocycles. The maximum Gasteiger partial charge on any atom is 0.152 e. The average Bonchev–Trinajstić information content (AvgIpc) is 3.43. The first-order chi connectivity index (χ1) is 16.5. The van der Waals surface area contributed by atoms with Crippen molar-refractivity contribution in [1.29, 1.82) is 0 Å². The van der Waals surface area contributed by atoms with E-state index in [0.29, 0.717) is 10.8 Å². The number of halogens is 1. The summed E-state index contributed by atoms with van der Waals surface area (Å²) in [5, 5.41) is 0.482. The first-order valence-corrected chi connectivity index (χ1v) is 12.8. The second-order valence-electron chi connectivity index (χ2n) is 9.45. The van der Waals surface area contributed by atoms with Gasteiger partial charge < -0.3 is 16.4 Å². The molecule has 1 aromatic carbocycles. The number of nitrogens with two attached hydrogens (primary N) is 2. The van der Waals surface area contributed by atoms with Crippen molar-refractivity contribution in [2.75, 3.05) is 23.7 Å². The summed E-state index contributed by atoms with van der Waals surface area (Å²) in [5.41, 5.74) is 17.7. The molecular formula is C26H27ClN6S. The van der Waals surface area contributed by atoms with Crippen molar-refractivity contribution < 1.29 is 0 Å². The fraction of sp³-hybridized carbons (Fsp3) is 0.308. The Kier molecular flexibility index (Phi) is 5.24. The van der Waals surface area contributed by atoms with Gasteiger partial charge in [-0.15, -0.1) is 0 Å². The van der Waals surface area contributed by atoms with Crippen LogP contribution in [0.5, 0.6) is 0 Å². The summed E-state index contributed by atoms with van der Waals surface area (Å²) >= 11 is 8.01. The molecule has 4 heterocycles. The Morgan fingerprint density at radius 1 is 1.12 bits per heavy atom. The van der Waals surface area contributed by atoms with Crippen molar-refractivity contribution in [3.63, 3.8) is 0 Å². The van der Waals surface area contributed by atoms with E-state index in [1.807, 2.05) is 18.5 Å². The molecule has 0 bridgehead atoms. The molecule has 0 radical (unpaired) electrons. The van der Waals surface area contributed by atoms with Crippen LogP contribution in [-0.4, -0.2) is 27.5 Å². The third-order valence-corrected chi connectivity index (χ3v) is 9.34. The molecule has 1 saturated heterocycles. The standard InChI is InChI=1S/C26H27ClN6S/c1-16-14-20(32-11-7-26(8-12-32)15-17-4-2-3-5-18(17)23(26)28)33-13-10-31-25(33)22(16)34-19-6-9-30-24(29)21(19)27/h2-6,9-10,13-14,23H,7-8,11-12,15,28H2,1H3,(H2,29,30). The van der Waals surface area contributed by atoms with Gasteiger partial charge in [0.05, 0.1) is 9.92 Å². The van der Waals surface area contributed by atoms with Gasteiger partial charge in [0, 0.05) is 42.6 Å². The highest BCUT2D eigenvalue weighted by molar-refractivity contribution is 7.99. The predicted octanol–water partition coefficient (Wildman–Crippen LogP) is 5.27. The van der Waals surface area contributed by atoms with E-state index in [9.17, 15) is 0 Å². The quantitative estimate of drug-likeness (QED) is 0.407. The second kappa shape index (κ2) is 8.18. The first-order valence-electron chi connectivity index (χ1n) is 11.6. The average molecular weight is 491 g/mol. The summed E-state index contributed by atoms with van der Waals surface area (Å²) in [6, 6.07) is 13.0. The number of hydrogen-bond donors (Lipinski definition) is 2. The van der Waals surface area contributed by atoms with Crippen LogP contribution in [0.4, 0.5) is 11.6 Å². The number of piperidine rings is 1. The Hall–Kier alpha value is -2.74. The molecule has 6 rings (SSSR count). The van der Waals surface area contributed by atoms with E-state index in [2.05, 4.69) is 51.5 Å². The van der Waals surface area contributed by atoms with Crippen molar-refractivity contribution >= 4 is 40.6 Å². The molecule has 1 spiro atoms. The molecule has 1 fully saturated rings. The zero-order valence-electron chi connectivity index (χ0n) is 19.0. The summed E-state index contributed by atoms with van der Waals surface area (Å²) in [6.07, 6.45) is 8.84. The second-order valence-corrected chi connectivity index (χ2v) is 10.9. The minimum absolute atomic E-state index is 0.122. The highest BCUT2D eigenvalue weighted by Gasteiger charge is 2.46. The number of rotatable bonds is 3. The molecule has 1 atom stereocenters. The fourth-order valence-corrected chi connectivity index (χ4v) is 6.88. The monoisotopic (exact) mass is 490 g/mol. The van der Waals surface area contributed by atoms with Crippen molar-refractivity contribution in [1.82, 2.24) is 14.4 Å². The summed E-state index contributed by atoms with van der Waals surface area (Å²) in [4.78, 5) is 13.2. The van der Waals surface area contributed by atoms with Gasteiger partial charge in [0.25, 0.3) is 0 Å². The smallest absolute Gasteiger partial charge is 0.152 e. The highest BCUT2D eigenvalue weighted by atomic mass is 35.5. The Morgan fingerprint density at radius 3 is 2.71 bits per heavy atom. The van der Waals surface area contributed by atoms with Crippen LogP contribution in [0.15, 0.2) is 64.8 Å². The summed E-state index contributed by atoms with van der Waals surface area (Å²) in [5.74, 6) is 1.52. The molecule has 3 aromatic heterocycles. The molecule has 1 aliphatic heterocycles. The molecule has 174 valence electrons. The lowest BCUT2D eigenvalue weighted by atomic mass is 9.73. The number of nitrogen functional groups attached to an aromatic ring is 1. The van der Waals surface area contributed by atoms with Gasteiger partial charge in [0.15, 0.2) is 5.65 Å². The maximum atomic E-state index is 6.79. The van der Waals surface area contributed by atoms with Crippen LogP contribution in [0.25, 0.3) is 5.65 Å². The van der Waals surface area contributed by atoms with Crippen LogP contribution >= 0.6 is 23.4 Å². The molecule has 4 aromatic rings. The Bertz CT molecular complexity index is 1390. The summed E-state index contributed by atoms with van der Waals surface area (Å²) in [7, 11) is 0. The molecule has 6 nitrogen and oxygen atoms in total. The van der Waals surface area contributed by atoms with E-state index in [0.717, 1.165) is 53.4 Å². The molecule has 1 unspecified atom stereocenters. The van der Waals surface area contributed by atoms with Crippen molar-refractivity contribution in [3.05, 3.63) is 76.7 Å². The van der Waals surface area contributed by atoms with Crippen molar-refractivity contribution in [3.8, 4) is 0 Å². The van der Waals surface area contributed by atoms with Gasteiger partial charge in [0.2, 0.25) is 0 Å². The maximum absolute atomic E-state index is 6.79. The largest absolute Gasteiger partial charge is 0.382 e. The summed E-state index contributed by atoms with van der Waals surface area (Å²) < 4.78 is 2.19. The topological polar surface area (TPSA) is 85.5 Å². The minimum Gasteiger partial charge on any atom is -0.382 e. The van der Waals surface area contributed by atoms with Crippen LogP contribution in [0, 0.1) is 12.3 Å². The molecule has 0 amide bonds. The Balaban J connectivity index is 1.29. The van der Waals surface area contributed by atoms with Crippen LogP contribution in [0.1, 0.15) is 35.6 Å². The Morgan fingerprint density at radius 2 is 1.91 bits per heavy atom. The van der Waals surface area contributed by atoms with Crippen LogP contribution in [-0.2, 0) is 6.42 Å². The Labute approximate surface area is 208 Å². The van der Waals surface area contributed by atoms with E-state index in [4.69, 9.17) is 28.1 Å². The lowest BCUT2D eigenvalue weighted by molar-refractivity contribution is 0.187. The van der Waals surface area contributed by atoms with Gasteiger partial charge >= 0.3 is 0 Å². The summed E-state index contributed by atoms with van der Waals surface area (Å²) in [6.45, 7) is 4.09. The van der Waals surface area contributed by atoms with Crippen LogP contribution < -0.4 is 16.4 Å². The van der Waals surface area contributed by atoms with Crippen LogP contribution in [0.3, 0.4) is 0 Å². The number of imidazole rings is 1. The lowest BCUT2D eigenvalue weighted by Crippen LogP contribution is -2.44. The molecular weight excluding hydrogens is 464 g/mol. The number of aryl methyl sites for hydroxylation is 1. The number of benzene rings is 1. The van der Waals surface area contributed by atoms with E-state index >= 15 is 0 Å². The van der Waals surface area contributed by atoms with Gasteiger partial charge in [0.1, 0.15) is 11.6 Å². The molecule has 4 N–H and O–H groups in total. The van der Waals surface area contributed by atoms with E-state index in [1.54, 1.807) is 18.0 Å². The minimum atomic E-state index is 0.122. The zero-order valence-corrected chi connectivity index (χ0v) is 20.6. The number of anilines is 2. The fourth-order valence-electron chi connectivity index (χ4n) is 5.65. The molecule has 34 heavy (non-hydrogen) atoms. The van der Waals surface area contributed by atoms with Gasteiger partial charge in [-0.05, 0) is 60.4 Å². The third-order valence-electron chi connectivity index (χ3n) is 7.56. The number of hydrogen-bond acceptors (Lipinski definition) is 6. The first kappa shape index (κ1) is 21.8. The number of aromatic nitrogens is 3. The van der Waals surface area contributed by atoms with Crippen LogP contribution in [0.2, 0.25) is 5.02 Å². The molecule has 8 heteroatoms. The van der Waals surface area contributed by atoms with Gasteiger partial charge in [-0.25, -0.2) is 9.97 Å². The van der Waals surface area contributed by atoms with Gasteiger partial charge in [-0.1, -0.05) is 47.6 Å². The third kappa shape index (κ3) is 3.37. The van der Waals surface area contributed by atoms with Gasteiger partial charge in [-0.2, -0.15) is 0 Å². The van der Waals surface area contributed by atoms with Crippen molar-refractivity contribution in [2.45, 2.75) is 42.0 Å².